The van der Waals surface area contributed by atoms with Gasteiger partial charge in [0.2, 0.25) is 11.8 Å². The fourth-order valence-corrected chi connectivity index (χ4v) is 11.0. The Kier molecular flexibility index (Phi) is 12.1. The van der Waals surface area contributed by atoms with Crippen LogP contribution in [0.2, 0.25) is 0 Å². The second kappa shape index (κ2) is 18.4. The smallest absolute Gasteiger partial charge is 0.324 e. The quantitative estimate of drug-likeness (QED) is 0.0678. The van der Waals surface area contributed by atoms with Crippen LogP contribution in [0.4, 0.5) is 17.1 Å². The number of hydrogen-bond donors (Lipinski definition) is 4. The number of aliphatic hydroxyl groups is 2. The van der Waals surface area contributed by atoms with E-state index in [4.69, 9.17) is 14.2 Å². The van der Waals surface area contributed by atoms with E-state index in [0.717, 1.165) is 55.6 Å². The Morgan fingerprint density at radius 1 is 0.803 bits per heavy atom. The first-order valence-electron chi connectivity index (χ1n) is 23.1. The Morgan fingerprint density at radius 2 is 1.50 bits per heavy atom. The van der Waals surface area contributed by atoms with Crippen molar-refractivity contribution in [2.24, 2.45) is 5.92 Å². The molecule has 1 aliphatic carbocycles. The number of hydrogen-bond acceptors (Lipinski definition) is 10. The molecule has 6 atom stereocenters. The topological polar surface area (TPSA) is 150 Å². The zero-order valence-corrected chi connectivity index (χ0v) is 36.7. The molecule has 338 valence electrons. The molecule has 1 saturated carbocycles. The van der Waals surface area contributed by atoms with E-state index in [-0.39, 0.29) is 13.2 Å². The van der Waals surface area contributed by atoms with Gasteiger partial charge in [0.05, 0.1) is 37.8 Å². The van der Waals surface area contributed by atoms with Gasteiger partial charge in [0, 0.05) is 35.7 Å². The summed E-state index contributed by atoms with van der Waals surface area (Å²) in [5.74, 6) is 3.94. The number of carbonyl (C=O) groups excluding carboxylic acids is 3. The third kappa shape index (κ3) is 8.00. The third-order valence-corrected chi connectivity index (χ3v) is 14.0. The van der Waals surface area contributed by atoms with Gasteiger partial charge in [-0.2, -0.15) is 0 Å². The van der Waals surface area contributed by atoms with Crippen molar-refractivity contribution in [1.82, 2.24) is 4.90 Å². The number of anilines is 3. The van der Waals surface area contributed by atoms with E-state index >= 15 is 14.4 Å². The van der Waals surface area contributed by atoms with E-state index in [2.05, 4.69) is 27.4 Å². The SMILES string of the molecule is O=C1OC(c2ccccc2)C(c2ccccc2)N2C1C(C(=O)Nc1ccc(N3CCOCC3)cc1)C1(C(=O)Nc3ccc(C#CC4(O)CCCCCC4)cc31)C2c1cccc(OCCO)c1. The van der Waals surface area contributed by atoms with Gasteiger partial charge in [0.25, 0.3) is 0 Å². The lowest BCUT2D eigenvalue weighted by molar-refractivity contribution is -0.177. The number of morpholine rings is 2. The number of ether oxygens (including phenoxy) is 3. The van der Waals surface area contributed by atoms with Gasteiger partial charge in [-0.25, -0.2) is 0 Å². The van der Waals surface area contributed by atoms with Gasteiger partial charge in [-0.1, -0.05) is 97.5 Å². The molecule has 2 amide bonds. The van der Waals surface area contributed by atoms with Crippen molar-refractivity contribution in [2.45, 2.75) is 73.8 Å². The van der Waals surface area contributed by atoms with Crippen LogP contribution in [0.1, 0.15) is 84.5 Å². The van der Waals surface area contributed by atoms with E-state index in [1.165, 1.54) is 0 Å². The van der Waals surface area contributed by atoms with Crippen LogP contribution in [0.25, 0.3) is 0 Å². The first kappa shape index (κ1) is 43.4. The van der Waals surface area contributed by atoms with E-state index in [1.54, 1.807) is 12.1 Å². The lowest BCUT2D eigenvalue weighted by Gasteiger charge is -2.46. The highest BCUT2D eigenvalue weighted by Gasteiger charge is 2.74. The molecule has 12 nitrogen and oxygen atoms in total. The fourth-order valence-electron chi connectivity index (χ4n) is 11.0. The Morgan fingerprint density at radius 3 is 2.21 bits per heavy atom. The summed E-state index contributed by atoms with van der Waals surface area (Å²) in [6, 6.07) is 36.8. The zero-order chi connectivity index (χ0) is 45.3. The molecule has 66 heavy (non-hydrogen) atoms. The molecule has 12 heteroatoms. The van der Waals surface area contributed by atoms with E-state index in [1.807, 2.05) is 120 Å². The number of rotatable bonds is 9. The predicted octanol–water partition coefficient (Wildman–Crippen LogP) is 7.24. The Labute approximate surface area is 384 Å². The monoisotopic (exact) mass is 886 g/mol. The lowest BCUT2D eigenvalue weighted by atomic mass is 9.65. The number of nitrogens with zero attached hydrogens (tertiary/aromatic N) is 2. The summed E-state index contributed by atoms with van der Waals surface area (Å²) in [5.41, 5.74) is 2.35. The average Bonchev–Trinajstić information content (AvgIpc) is 3.72. The molecular formula is C54H54N4O8. The third-order valence-electron chi connectivity index (χ3n) is 14.0. The Balaban J connectivity index is 1.19. The molecule has 4 aliphatic heterocycles. The van der Waals surface area contributed by atoms with Crippen LogP contribution in [0.3, 0.4) is 0 Å². The van der Waals surface area contributed by atoms with E-state index in [0.29, 0.717) is 59.9 Å². The molecule has 6 unspecified atom stereocenters. The molecule has 4 N–H and O–H groups in total. The number of fused-ring (bicyclic) bond motifs is 3. The molecule has 5 aliphatic rings. The number of aliphatic hydroxyl groups excluding tert-OH is 1. The van der Waals surface area contributed by atoms with Gasteiger partial charge in [-0.15, -0.1) is 0 Å². The van der Waals surface area contributed by atoms with Gasteiger partial charge in [-0.05, 0) is 103 Å². The van der Waals surface area contributed by atoms with Gasteiger partial charge >= 0.3 is 5.97 Å². The summed E-state index contributed by atoms with van der Waals surface area (Å²) in [6.07, 6.45) is 4.17. The standard InChI is InChI=1S/C54H54N4O8/c59-30-33-65-42-17-11-16-39(35-42)49-54(43-34-36(18-23-44(43)56-52(54)62)24-27-53(63)25-9-1-2-10-26-53)45(50(60)55-40-19-21-41(22-20-40)57-28-31-64-32-29-57)47-51(61)66-48(38-14-7-4-8-15-38)46(58(47)49)37-12-5-3-6-13-37/h3-8,11-23,34-35,45-49,59,63H,1-2,9-10,25-26,28-33H2,(H,55,60)(H,56,62). The van der Waals surface area contributed by atoms with Gasteiger partial charge in [0.15, 0.2) is 0 Å². The summed E-state index contributed by atoms with van der Waals surface area (Å²) >= 11 is 0. The number of cyclic esters (lactones) is 1. The van der Waals surface area contributed by atoms with E-state index in [9.17, 15) is 10.2 Å². The summed E-state index contributed by atoms with van der Waals surface area (Å²) in [4.78, 5) is 51.0. The van der Waals surface area contributed by atoms with Crippen LogP contribution in [0, 0.1) is 17.8 Å². The minimum atomic E-state index is -1.76. The molecule has 4 heterocycles. The number of carbonyl (C=O) groups is 3. The van der Waals surface area contributed by atoms with Crippen molar-refractivity contribution in [3.63, 3.8) is 0 Å². The maximum Gasteiger partial charge on any atom is 0.324 e. The fraction of sp³-hybridized carbons (Fsp3) is 0.352. The first-order chi connectivity index (χ1) is 32.3. The van der Waals surface area contributed by atoms with Crippen molar-refractivity contribution in [2.75, 3.05) is 55.1 Å². The molecule has 0 aromatic heterocycles. The second-order valence-corrected chi connectivity index (χ2v) is 18.0. The molecule has 3 saturated heterocycles. The van der Waals surface area contributed by atoms with Crippen LogP contribution in [-0.2, 0) is 29.3 Å². The van der Waals surface area contributed by atoms with Crippen LogP contribution in [0.5, 0.6) is 5.75 Å². The number of benzene rings is 5. The largest absolute Gasteiger partial charge is 0.491 e. The summed E-state index contributed by atoms with van der Waals surface area (Å²) in [5, 5.41) is 27.7. The minimum absolute atomic E-state index is 0.0354. The van der Waals surface area contributed by atoms with Crippen molar-refractivity contribution >= 4 is 34.8 Å². The lowest BCUT2D eigenvalue weighted by Crippen LogP contribution is -2.53. The minimum Gasteiger partial charge on any atom is -0.491 e. The van der Waals surface area contributed by atoms with Crippen LogP contribution in [0.15, 0.2) is 127 Å². The molecule has 0 bridgehead atoms. The predicted molar refractivity (Wildman–Crippen MR) is 250 cm³/mol. The number of amides is 2. The highest BCUT2D eigenvalue weighted by Crippen LogP contribution is 2.65. The molecule has 5 aromatic carbocycles. The number of nitrogens with one attached hydrogen (secondary N) is 2. The summed E-state index contributed by atoms with van der Waals surface area (Å²) in [6.45, 7) is 2.57. The molecule has 1 spiro atoms. The second-order valence-electron chi connectivity index (χ2n) is 18.0. The molecule has 4 fully saturated rings. The average molecular weight is 887 g/mol. The normalized spacial score (nSPS) is 25.7. The van der Waals surface area contributed by atoms with Crippen molar-refractivity contribution in [3.8, 4) is 17.6 Å². The van der Waals surface area contributed by atoms with Crippen molar-refractivity contribution < 1.29 is 38.8 Å². The molecular weight excluding hydrogens is 833 g/mol. The van der Waals surface area contributed by atoms with Crippen molar-refractivity contribution in [3.05, 3.63) is 155 Å². The summed E-state index contributed by atoms with van der Waals surface area (Å²) in [7, 11) is 0. The van der Waals surface area contributed by atoms with Crippen LogP contribution < -0.4 is 20.3 Å². The van der Waals surface area contributed by atoms with E-state index < -0.39 is 58.9 Å². The molecule has 5 aromatic rings. The Bertz CT molecular complexity index is 2640. The van der Waals surface area contributed by atoms with Crippen molar-refractivity contribution in [1.29, 1.82) is 0 Å². The molecule has 10 rings (SSSR count). The highest BCUT2D eigenvalue weighted by atomic mass is 16.6. The van der Waals surface area contributed by atoms with Crippen LogP contribution >= 0.6 is 0 Å². The highest BCUT2D eigenvalue weighted by molar-refractivity contribution is 6.13. The zero-order valence-electron chi connectivity index (χ0n) is 36.7. The van der Waals surface area contributed by atoms with Gasteiger partial charge < -0.3 is 40.0 Å². The molecule has 0 radical (unpaired) electrons. The van der Waals surface area contributed by atoms with Crippen LogP contribution in [-0.4, -0.2) is 84.1 Å². The maximum atomic E-state index is 15.7. The van der Waals surface area contributed by atoms with Gasteiger partial charge in [-0.3, -0.25) is 19.3 Å². The summed E-state index contributed by atoms with van der Waals surface area (Å²) < 4.78 is 18.2. The maximum absolute atomic E-state index is 15.7. The van der Waals surface area contributed by atoms with Gasteiger partial charge in [0.1, 0.15) is 35.5 Å². The number of esters is 1. The first-order valence-corrected chi connectivity index (χ1v) is 23.1. The Hall–Kier alpha value is -6.49.